The molecule has 0 aromatic heterocycles. The lowest BCUT2D eigenvalue weighted by Crippen LogP contribution is -2.43. The standard InChI is InChI=1S/C11H24N3OP/c16-14-3-1-11(2-4-14)9-12-10-13-5-7-15-8-6-13/h11-12H,1-10,16H2. The fraction of sp³-hybridized carbons (Fsp3) is 1.00. The highest BCUT2D eigenvalue weighted by Crippen LogP contribution is 2.18. The molecular weight excluding hydrogens is 221 g/mol. The molecule has 4 nitrogen and oxygen atoms in total. The van der Waals surface area contributed by atoms with Crippen LogP contribution in [-0.4, -0.2) is 62.2 Å². The molecule has 5 heteroatoms. The van der Waals surface area contributed by atoms with Crippen LogP contribution in [0.4, 0.5) is 0 Å². The molecule has 2 rings (SSSR count). The van der Waals surface area contributed by atoms with Gasteiger partial charge in [0, 0.05) is 32.8 Å². The van der Waals surface area contributed by atoms with Crippen molar-refractivity contribution in [1.29, 1.82) is 0 Å². The van der Waals surface area contributed by atoms with Gasteiger partial charge in [-0.25, -0.2) is 0 Å². The quantitative estimate of drug-likeness (QED) is 0.724. The number of nitrogens with one attached hydrogen (secondary N) is 1. The van der Waals surface area contributed by atoms with E-state index in [1.165, 1.54) is 32.5 Å². The Balaban J connectivity index is 1.53. The fourth-order valence-corrected chi connectivity index (χ4v) is 2.64. The van der Waals surface area contributed by atoms with Crippen molar-refractivity contribution in [3.8, 4) is 0 Å². The van der Waals surface area contributed by atoms with Crippen LogP contribution in [0.2, 0.25) is 0 Å². The summed E-state index contributed by atoms with van der Waals surface area (Å²) in [5.74, 6) is 0.873. The predicted molar refractivity (Wildman–Crippen MR) is 69.3 cm³/mol. The first-order valence-corrected chi connectivity index (χ1v) is 6.86. The number of ether oxygens (including phenoxy) is 1. The zero-order valence-electron chi connectivity index (χ0n) is 10.0. The van der Waals surface area contributed by atoms with Crippen molar-refractivity contribution in [2.45, 2.75) is 12.8 Å². The lowest BCUT2D eigenvalue weighted by molar-refractivity contribution is 0.0334. The highest BCUT2D eigenvalue weighted by atomic mass is 31.0. The van der Waals surface area contributed by atoms with Crippen molar-refractivity contribution in [1.82, 2.24) is 14.9 Å². The number of rotatable bonds is 4. The van der Waals surface area contributed by atoms with Gasteiger partial charge in [-0.1, -0.05) is 9.39 Å². The molecule has 0 aromatic rings. The van der Waals surface area contributed by atoms with E-state index in [0.717, 1.165) is 38.9 Å². The van der Waals surface area contributed by atoms with E-state index < -0.39 is 0 Å². The molecular formula is C11H24N3OP. The van der Waals surface area contributed by atoms with Crippen LogP contribution in [0.5, 0.6) is 0 Å². The Labute approximate surface area is 101 Å². The van der Waals surface area contributed by atoms with E-state index in [4.69, 9.17) is 4.74 Å². The molecule has 0 amide bonds. The fourth-order valence-electron chi connectivity index (χ4n) is 2.34. The molecule has 0 aliphatic carbocycles. The molecule has 0 spiro atoms. The Morgan fingerprint density at radius 2 is 1.81 bits per heavy atom. The van der Waals surface area contributed by atoms with Crippen LogP contribution in [0.25, 0.3) is 0 Å². The summed E-state index contributed by atoms with van der Waals surface area (Å²) in [6.07, 6.45) is 2.67. The molecule has 0 radical (unpaired) electrons. The van der Waals surface area contributed by atoms with Gasteiger partial charge in [-0.3, -0.25) is 9.57 Å². The third-order valence-electron chi connectivity index (χ3n) is 3.52. The molecule has 94 valence electrons. The first-order valence-electron chi connectivity index (χ1n) is 6.35. The number of morpholine rings is 1. The average Bonchev–Trinajstić information content (AvgIpc) is 2.33. The van der Waals surface area contributed by atoms with Crippen LogP contribution in [0, 0.1) is 5.92 Å². The summed E-state index contributed by atoms with van der Waals surface area (Å²) in [5, 5.41) is 3.58. The van der Waals surface area contributed by atoms with Crippen molar-refractivity contribution < 1.29 is 4.74 Å². The lowest BCUT2D eigenvalue weighted by Gasteiger charge is -2.31. The van der Waals surface area contributed by atoms with Gasteiger partial charge in [0.15, 0.2) is 0 Å². The van der Waals surface area contributed by atoms with E-state index in [2.05, 4.69) is 24.3 Å². The second kappa shape index (κ2) is 6.87. The summed E-state index contributed by atoms with van der Waals surface area (Å²) in [6.45, 7) is 8.62. The molecule has 1 atom stereocenters. The first-order chi connectivity index (χ1) is 7.84. The monoisotopic (exact) mass is 245 g/mol. The van der Waals surface area contributed by atoms with Crippen molar-refractivity contribution in [3.63, 3.8) is 0 Å². The highest BCUT2D eigenvalue weighted by molar-refractivity contribution is 7.13. The van der Waals surface area contributed by atoms with E-state index in [1.807, 2.05) is 0 Å². The number of hydrogen-bond acceptors (Lipinski definition) is 4. The van der Waals surface area contributed by atoms with Gasteiger partial charge in [-0.15, -0.1) is 0 Å². The van der Waals surface area contributed by atoms with Gasteiger partial charge in [-0.05, 0) is 25.3 Å². The van der Waals surface area contributed by atoms with Crippen LogP contribution in [0.1, 0.15) is 12.8 Å². The molecule has 2 aliphatic heterocycles. The number of piperidine rings is 1. The summed E-state index contributed by atoms with van der Waals surface area (Å²) < 4.78 is 7.68. The minimum Gasteiger partial charge on any atom is -0.379 e. The number of hydrogen-bond donors (Lipinski definition) is 1. The molecule has 2 saturated heterocycles. The van der Waals surface area contributed by atoms with Crippen LogP contribution < -0.4 is 5.32 Å². The molecule has 1 N–H and O–H groups in total. The van der Waals surface area contributed by atoms with Gasteiger partial charge < -0.3 is 10.1 Å². The van der Waals surface area contributed by atoms with Gasteiger partial charge in [0.1, 0.15) is 0 Å². The molecule has 2 aliphatic rings. The predicted octanol–water partition coefficient (Wildman–Crippen LogP) is 0.368. The molecule has 0 saturated carbocycles. The van der Waals surface area contributed by atoms with Crippen LogP contribution >= 0.6 is 9.39 Å². The summed E-state index contributed by atoms with van der Waals surface area (Å²) in [7, 11) is 2.81. The Morgan fingerprint density at radius 3 is 2.50 bits per heavy atom. The largest absolute Gasteiger partial charge is 0.379 e. The average molecular weight is 245 g/mol. The Bertz CT molecular complexity index is 192. The maximum Gasteiger partial charge on any atom is 0.0594 e. The molecule has 0 bridgehead atoms. The summed E-state index contributed by atoms with van der Waals surface area (Å²) in [6, 6.07) is 0. The SMILES string of the molecule is PN1CCC(CNCN2CCOCC2)CC1. The van der Waals surface area contributed by atoms with Gasteiger partial charge in [0.05, 0.1) is 13.2 Å². The molecule has 2 heterocycles. The smallest absolute Gasteiger partial charge is 0.0594 e. The normalized spacial score (nSPS) is 26.1. The van der Waals surface area contributed by atoms with Crippen molar-refractivity contribution >= 4 is 9.39 Å². The number of nitrogens with zero attached hydrogens (tertiary/aromatic N) is 2. The molecule has 0 aromatic carbocycles. The van der Waals surface area contributed by atoms with Crippen LogP contribution in [0.3, 0.4) is 0 Å². The van der Waals surface area contributed by atoms with Crippen molar-refractivity contribution in [3.05, 3.63) is 0 Å². The van der Waals surface area contributed by atoms with Crippen molar-refractivity contribution in [2.75, 3.05) is 52.6 Å². The molecule has 16 heavy (non-hydrogen) atoms. The third-order valence-corrected chi connectivity index (χ3v) is 4.04. The highest BCUT2D eigenvalue weighted by Gasteiger charge is 2.16. The molecule has 1 unspecified atom stereocenters. The van der Waals surface area contributed by atoms with Crippen LogP contribution in [0.15, 0.2) is 0 Å². The summed E-state index contributed by atoms with van der Waals surface area (Å²) in [5.41, 5.74) is 0. The zero-order valence-corrected chi connectivity index (χ0v) is 11.2. The third kappa shape index (κ3) is 4.27. The second-order valence-corrected chi connectivity index (χ2v) is 5.55. The Morgan fingerprint density at radius 1 is 1.12 bits per heavy atom. The minimum absolute atomic E-state index is 0.873. The summed E-state index contributed by atoms with van der Waals surface area (Å²) >= 11 is 0. The van der Waals surface area contributed by atoms with E-state index >= 15 is 0 Å². The van der Waals surface area contributed by atoms with Gasteiger partial charge in [0.25, 0.3) is 0 Å². The van der Waals surface area contributed by atoms with E-state index in [0.29, 0.717) is 0 Å². The summed E-state index contributed by atoms with van der Waals surface area (Å²) in [4.78, 5) is 2.44. The second-order valence-electron chi connectivity index (χ2n) is 4.82. The topological polar surface area (TPSA) is 27.7 Å². The Hall–Kier alpha value is 0.270. The maximum absolute atomic E-state index is 5.33. The molecule has 2 fully saturated rings. The van der Waals surface area contributed by atoms with Gasteiger partial charge in [-0.2, -0.15) is 0 Å². The van der Waals surface area contributed by atoms with Crippen molar-refractivity contribution in [2.24, 2.45) is 5.92 Å². The van der Waals surface area contributed by atoms with E-state index in [9.17, 15) is 0 Å². The van der Waals surface area contributed by atoms with Gasteiger partial charge in [0.2, 0.25) is 0 Å². The first kappa shape index (κ1) is 12.7. The zero-order chi connectivity index (χ0) is 11.2. The maximum atomic E-state index is 5.33. The minimum atomic E-state index is 0.873. The van der Waals surface area contributed by atoms with E-state index in [1.54, 1.807) is 0 Å². The van der Waals surface area contributed by atoms with E-state index in [-0.39, 0.29) is 0 Å². The lowest BCUT2D eigenvalue weighted by atomic mass is 9.98. The Kier molecular flexibility index (Phi) is 5.46. The van der Waals surface area contributed by atoms with Gasteiger partial charge >= 0.3 is 0 Å². The van der Waals surface area contributed by atoms with Crippen LogP contribution in [-0.2, 0) is 4.74 Å².